The maximum atomic E-state index is 11.6. The van der Waals surface area contributed by atoms with Crippen LogP contribution in [0.5, 0.6) is 0 Å². The van der Waals surface area contributed by atoms with Crippen molar-refractivity contribution in [3.05, 3.63) is 55.8 Å². The zero-order valence-electron chi connectivity index (χ0n) is 11.5. The monoisotopic (exact) mass is 274 g/mol. The number of anilines is 2. The van der Waals surface area contributed by atoms with Crippen LogP contribution < -0.4 is 32.8 Å². The molecule has 106 valence electrons. The Morgan fingerprint density at radius 2 is 1.90 bits per heavy atom. The van der Waals surface area contributed by atoms with Gasteiger partial charge in [0.25, 0.3) is 10.9 Å². The second-order valence-electron chi connectivity index (χ2n) is 4.60. The molecule has 0 heterocycles. The van der Waals surface area contributed by atoms with E-state index in [-0.39, 0.29) is 11.7 Å². The van der Waals surface area contributed by atoms with Gasteiger partial charge < -0.3 is 16.5 Å². The van der Waals surface area contributed by atoms with Crippen LogP contribution >= 0.6 is 0 Å². The fourth-order valence-corrected chi connectivity index (χ4v) is 2.06. The van der Waals surface area contributed by atoms with Gasteiger partial charge in [0, 0.05) is 19.6 Å². The smallest absolute Gasteiger partial charge is 0.254 e. The third-order valence-corrected chi connectivity index (χ3v) is 3.21. The lowest BCUT2D eigenvalue weighted by molar-refractivity contribution is 0.869. The van der Waals surface area contributed by atoms with E-state index in [1.807, 2.05) is 31.2 Å². The Labute approximate surface area is 116 Å². The summed E-state index contributed by atoms with van der Waals surface area (Å²) in [5.41, 5.74) is 12.5. The quantitative estimate of drug-likeness (QED) is 0.451. The normalized spacial score (nSPS) is 12.3. The highest BCUT2D eigenvalue weighted by Crippen LogP contribution is 2.22. The molecule has 20 heavy (non-hydrogen) atoms. The number of hydrazine groups is 1. The molecule has 0 aliphatic heterocycles. The average Bonchev–Trinajstić information content (AvgIpc) is 2.50. The fraction of sp³-hybridized carbons (Fsp3) is 0.286. The number of hydrogen-bond donors (Lipinski definition) is 4. The Morgan fingerprint density at radius 3 is 2.55 bits per heavy atom. The summed E-state index contributed by atoms with van der Waals surface area (Å²) in [5.74, 6) is 0. The summed E-state index contributed by atoms with van der Waals surface area (Å²) < 4.78 is 0. The summed E-state index contributed by atoms with van der Waals surface area (Å²) in [6.07, 6.45) is 0. The summed E-state index contributed by atoms with van der Waals surface area (Å²) in [4.78, 5) is 23.0. The van der Waals surface area contributed by atoms with Crippen LogP contribution in [0.25, 0.3) is 0 Å². The standard InChI is InChI=1S/C14H18N4O2/c1-8(10-5-3-4-9(6-10)7-15)17-11-12(18-16-2)14(20)13(11)19/h3-6,8,16-18H,7,15H2,1-2H3. The van der Waals surface area contributed by atoms with E-state index in [0.717, 1.165) is 11.1 Å². The molecule has 0 amide bonds. The van der Waals surface area contributed by atoms with Crippen molar-refractivity contribution in [2.24, 2.45) is 5.73 Å². The van der Waals surface area contributed by atoms with Crippen LogP contribution in [0.15, 0.2) is 33.9 Å². The van der Waals surface area contributed by atoms with Crippen molar-refractivity contribution in [2.45, 2.75) is 19.5 Å². The maximum absolute atomic E-state index is 11.6. The van der Waals surface area contributed by atoms with Crippen molar-refractivity contribution in [1.82, 2.24) is 5.43 Å². The molecule has 0 saturated carbocycles. The Kier molecular flexibility index (Phi) is 4.16. The van der Waals surface area contributed by atoms with E-state index in [4.69, 9.17) is 5.73 Å². The Balaban J connectivity index is 2.19. The van der Waals surface area contributed by atoms with Gasteiger partial charge in [-0.1, -0.05) is 24.3 Å². The molecule has 1 atom stereocenters. The summed E-state index contributed by atoms with van der Waals surface area (Å²) in [6, 6.07) is 7.70. The molecule has 1 unspecified atom stereocenters. The number of nitrogens with two attached hydrogens (primary N) is 1. The lowest BCUT2D eigenvalue weighted by Crippen LogP contribution is -2.40. The van der Waals surface area contributed by atoms with Gasteiger partial charge in [0.1, 0.15) is 11.4 Å². The summed E-state index contributed by atoms with van der Waals surface area (Å²) in [6.45, 7) is 2.39. The number of hydrogen-bond acceptors (Lipinski definition) is 6. The van der Waals surface area contributed by atoms with Crippen molar-refractivity contribution in [2.75, 3.05) is 17.8 Å². The zero-order valence-corrected chi connectivity index (χ0v) is 11.5. The molecule has 2 rings (SSSR count). The van der Waals surface area contributed by atoms with Gasteiger partial charge in [-0.15, -0.1) is 0 Å². The first kappa shape index (κ1) is 14.2. The van der Waals surface area contributed by atoms with Crippen LogP contribution in [-0.2, 0) is 6.54 Å². The minimum Gasteiger partial charge on any atom is -0.373 e. The molecule has 0 spiro atoms. The van der Waals surface area contributed by atoms with Crippen LogP contribution in [0.1, 0.15) is 24.1 Å². The van der Waals surface area contributed by atoms with E-state index in [9.17, 15) is 9.59 Å². The van der Waals surface area contributed by atoms with Crippen molar-refractivity contribution in [3.63, 3.8) is 0 Å². The van der Waals surface area contributed by atoms with Crippen LogP contribution in [0.2, 0.25) is 0 Å². The van der Waals surface area contributed by atoms with E-state index >= 15 is 0 Å². The van der Waals surface area contributed by atoms with Crippen molar-refractivity contribution in [3.8, 4) is 0 Å². The Morgan fingerprint density at radius 1 is 1.20 bits per heavy atom. The van der Waals surface area contributed by atoms with Crippen molar-refractivity contribution in [1.29, 1.82) is 0 Å². The van der Waals surface area contributed by atoms with Crippen LogP contribution in [0.3, 0.4) is 0 Å². The van der Waals surface area contributed by atoms with E-state index in [1.165, 1.54) is 0 Å². The number of rotatable bonds is 6. The van der Waals surface area contributed by atoms with Crippen molar-refractivity contribution >= 4 is 11.4 Å². The Bertz CT molecular complexity index is 674. The van der Waals surface area contributed by atoms with Crippen LogP contribution in [0.4, 0.5) is 11.4 Å². The molecule has 0 fully saturated rings. The highest BCUT2D eigenvalue weighted by atomic mass is 16.2. The molecule has 0 aliphatic rings. The minimum atomic E-state index is -0.509. The SMILES string of the molecule is CNNc1c(NC(C)c2cccc(CN)c2)c(=O)c1=O. The molecule has 0 radical (unpaired) electrons. The fourth-order valence-electron chi connectivity index (χ4n) is 2.06. The van der Waals surface area contributed by atoms with Gasteiger partial charge in [-0.2, -0.15) is 0 Å². The predicted molar refractivity (Wildman–Crippen MR) is 80.4 cm³/mol. The zero-order chi connectivity index (χ0) is 14.7. The first-order valence-electron chi connectivity index (χ1n) is 6.40. The van der Waals surface area contributed by atoms with Crippen LogP contribution in [0, 0.1) is 0 Å². The molecule has 0 aromatic heterocycles. The highest BCUT2D eigenvalue weighted by Gasteiger charge is 2.22. The number of benzene rings is 1. The summed E-state index contributed by atoms with van der Waals surface area (Å²) >= 11 is 0. The van der Waals surface area contributed by atoms with E-state index < -0.39 is 10.9 Å². The molecule has 5 N–H and O–H groups in total. The lowest BCUT2D eigenvalue weighted by atomic mass is 10.0. The molecule has 0 aliphatic carbocycles. The molecule has 6 heteroatoms. The van der Waals surface area contributed by atoms with E-state index in [2.05, 4.69) is 16.2 Å². The van der Waals surface area contributed by atoms with Gasteiger partial charge >= 0.3 is 0 Å². The first-order valence-corrected chi connectivity index (χ1v) is 6.40. The summed E-state index contributed by atoms with van der Waals surface area (Å²) in [7, 11) is 1.63. The van der Waals surface area contributed by atoms with Gasteiger partial charge in [-0.3, -0.25) is 9.59 Å². The second-order valence-corrected chi connectivity index (χ2v) is 4.60. The third kappa shape index (κ3) is 2.56. The van der Waals surface area contributed by atoms with Gasteiger partial charge in [0.2, 0.25) is 0 Å². The molecule has 2 aromatic rings. The highest BCUT2D eigenvalue weighted by molar-refractivity contribution is 5.74. The molecular formula is C14H18N4O2. The Hall–Kier alpha value is -2.18. The summed E-state index contributed by atoms with van der Waals surface area (Å²) in [5, 5.41) is 3.06. The second kappa shape index (κ2) is 5.85. The van der Waals surface area contributed by atoms with Gasteiger partial charge in [-0.05, 0) is 18.1 Å². The van der Waals surface area contributed by atoms with E-state index in [0.29, 0.717) is 12.2 Å². The topological polar surface area (TPSA) is 96.2 Å². The third-order valence-electron chi connectivity index (χ3n) is 3.21. The van der Waals surface area contributed by atoms with Gasteiger partial charge in [0.05, 0.1) is 0 Å². The molecule has 0 bridgehead atoms. The number of nitrogens with one attached hydrogen (secondary N) is 3. The molecule has 2 aromatic carbocycles. The van der Waals surface area contributed by atoms with Crippen LogP contribution in [-0.4, -0.2) is 7.05 Å². The minimum absolute atomic E-state index is 0.0952. The predicted octanol–water partition coefficient (Wildman–Crippen LogP) is 0.461. The molecule has 6 nitrogen and oxygen atoms in total. The first-order chi connectivity index (χ1) is 9.58. The lowest BCUT2D eigenvalue weighted by Gasteiger charge is -2.20. The van der Waals surface area contributed by atoms with Gasteiger partial charge in [0.15, 0.2) is 0 Å². The molecular weight excluding hydrogens is 256 g/mol. The van der Waals surface area contributed by atoms with Gasteiger partial charge in [-0.25, -0.2) is 5.43 Å². The largest absolute Gasteiger partial charge is 0.373 e. The van der Waals surface area contributed by atoms with E-state index in [1.54, 1.807) is 7.05 Å². The maximum Gasteiger partial charge on any atom is 0.254 e. The molecule has 0 saturated heterocycles. The van der Waals surface area contributed by atoms with Crippen molar-refractivity contribution < 1.29 is 0 Å². The average molecular weight is 274 g/mol.